The van der Waals surface area contributed by atoms with Crippen LogP contribution in [-0.2, 0) is 5.41 Å². The van der Waals surface area contributed by atoms with E-state index in [0.717, 1.165) is 28.3 Å². The van der Waals surface area contributed by atoms with Gasteiger partial charge in [-0.2, -0.15) is 0 Å². The Morgan fingerprint density at radius 3 is 1.95 bits per heavy atom. The molecule has 0 bridgehead atoms. The van der Waals surface area contributed by atoms with Gasteiger partial charge in [0, 0.05) is 47.8 Å². The number of aromatic nitrogens is 2. The molecular weight excluding hydrogens is 504 g/mol. The van der Waals surface area contributed by atoms with Gasteiger partial charge in [-0.1, -0.05) is 111 Å². The van der Waals surface area contributed by atoms with Gasteiger partial charge in [0.05, 0.1) is 11.4 Å². The van der Waals surface area contributed by atoms with Crippen molar-refractivity contribution in [3.63, 3.8) is 0 Å². The highest BCUT2D eigenvalue weighted by Gasteiger charge is 2.40. The zero-order chi connectivity index (χ0) is 26.8. The molecule has 0 saturated heterocycles. The molecule has 0 radical (unpaired) electrons. The summed E-state index contributed by atoms with van der Waals surface area (Å²) < 4.78 is 2.66. The van der Waals surface area contributed by atoms with Gasteiger partial charge in [0.1, 0.15) is 0 Å². The third-order valence-corrected chi connectivity index (χ3v) is 9.42. The van der Waals surface area contributed by atoms with Gasteiger partial charge in [-0.25, -0.2) is 9.97 Å². The van der Waals surface area contributed by atoms with Gasteiger partial charge in [-0.3, -0.25) is 0 Å². The van der Waals surface area contributed by atoms with Gasteiger partial charge in [0.15, 0.2) is 5.82 Å². The van der Waals surface area contributed by atoms with Gasteiger partial charge >= 0.3 is 0 Å². The van der Waals surface area contributed by atoms with Crippen LogP contribution >= 0.6 is 11.3 Å². The summed E-state index contributed by atoms with van der Waals surface area (Å²) in [5, 5.41) is 2.64. The molecule has 190 valence electrons. The smallest absolute Gasteiger partial charge is 0.160 e. The molecular formula is C37H26N2S. The van der Waals surface area contributed by atoms with E-state index in [1.165, 1.54) is 48.0 Å². The third kappa shape index (κ3) is 3.48. The zero-order valence-electron chi connectivity index (χ0n) is 22.3. The van der Waals surface area contributed by atoms with E-state index in [1.807, 2.05) is 29.5 Å². The van der Waals surface area contributed by atoms with Crippen molar-refractivity contribution in [2.75, 3.05) is 0 Å². The molecule has 0 saturated carbocycles. The summed E-state index contributed by atoms with van der Waals surface area (Å²) in [6.45, 7) is 4.61. The lowest BCUT2D eigenvalue weighted by molar-refractivity contribution is 0.658. The van der Waals surface area contributed by atoms with Gasteiger partial charge in [0.25, 0.3) is 0 Å². The van der Waals surface area contributed by atoms with Crippen molar-refractivity contribution in [1.82, 2.24) is 9.97 Å². The maximum Gasteiger partial charge on any atom is 0.160 e. The normalized spacial score (nSPS) is 13.4. The van der Waals surface area contributed by atoms with Crippen LogP contribution in [0.3, 0.4) is 0 Å². The summed E-state index contributed by atoms with van der Waals surface area (Å²) in [6, 6.07) is 43.3. The van der Waals surface area contributed by atoms with Crippen molar-refractivity contribution in [3.05, 3.63) is 132 Å². The van der Waals surface area contributed by atoms with Crippen LogP contribution < -0.4 is 0 Å². The molecule has 1 aliphatic rings. The monoisotopic (exact) mass is 530 g/mol. The third-order valence-electron chi connectivity index (χ3n) is 8.27. The van der Waals surface area contributed by atoms with Crippen molar-refractivity contribution >= 4 is 31.5 Å². The second kappa shape index (κ2) is 8.70. The second-order valence-electron chi connectivity index (χ2n) is 11.0. The van der Waals surface area contributed by atoms with Gasteiger partial charge in [-0.15, -0.1) is 11.3 Å². The highest BCUT2D eigenvalue weighted by atomic mass is 32.1. The van der Waals surface area contributed by atoms with E-state index in [2.05, 4.69) is 117 Å². The summed E-state index contributed by atoms with van der Waals surface area (Å²) in [6.07, 6.45) is 0. The molecule has 0 unspecified atom stereocenters. The van der Waals surface area contributed by atoms with E-state index in [0.29, 0.717) is 0 Å². The number of benzene rings is 5. The average molecular weight is 531 g/mol. The lowest BCUT2D eigenvalue weighted by Gasteiger charge is -2.24. The largest absolute Gasteiger partial charge is 0.228 e. The minimum absolute atomic E-state index is 0.225. The van der Waals surface area contributed by atoms with Crippen LogP contribution in [0.15, 0.2) is 121 Å². The first-order valence-electron chi connectivity index (χ1n) is 13.7. The maximum absolute atomic E-state index is 5.25. The molecule has 0 spiro atoms. The summed E-state index contributed by atoms with van der Waals surface area (Å²) in [4.78, 5) is 10.4. The molecule has 2 nitrogen and oxygen atoms in total. The predicted octanol–water partition coefficient (Wildman–Crippen LogP) is 10.2. The molecule has 3 heteroatoms. The van der Waals surface area contributed by atoms with Gasteiger partial charge in [-0.05, 0) is 41.0 Å². The molecule has 0 atom stereocenters. The minimum Gasteiger partial charge on any atom is -0.228 e. The molecule has 2 aromatic heterocycles. The molecule has 0 N–H and O–H groups in total. The highest BCUT2D eigenvalue weighted by molar-refractivity contribution is 7.25. The fourth-order valence-electron chi connectivity index (χ4n) is 6.27. The van der Waals surface area contributed by atoms with Crippen LogP contribution in [0.5, 0.6) is 0 Å². The number of fused-ring (bicyclic) bond motifs is 6. The van der Waals surface area contributed by atoms with Crippen LogP contribution in [-0.4, -0.2) is 9.97 Å². The topological polar surface area (TPSA) is 25.8 Å². The standard InChI is InChI=1S/C37H26N2S/c1-37(2)30-19-17-25(26-18-20-32-28(21-26)27-15-9-10-16-31(27)40-32)22-29(30)35-33(37)34(23-11-5-3-6-12-23)38-36(39-35)24-13-7-4-8-14-24/h3-22H,1-2H3. The molecule has 2 heterocycles. The van der Waals surface area contributed by atoms with E-state index in [9.17, 15) is 0 Å². The summed E-state index contributed by atoms with van der Waals surface area (Å²) >= 11 is 1.86. The first-order chi connectivity index (χ1) is 19.6. The van der Waals surface area contributed by atoms with Crippen LogP contribution in [0.2, 0.25) is 0 Å². The highest BCUT2D eigenvalue weighted by Crippen LogP contribution is 2.52. The molecule has 1 aliphatic carbocycles. The molecule has 0 amide bonds. The van der Waals surface area contributed by atoms with Crippen molar-refractivity contribution < 1.29 is 0 Å². The number of thiophene rings is 1. The number of hydrogen-bond donors (Lipinski definition) is 0. The van der Waals surface area contributed by atoms with E-state index in [4.69, 9.17) is 9.97 Å². The van der Waals surface area contributed by atoms with Crippen molar-refractivity contribution in [2.24, 2.45) is 0 Å². The first-order valence-corrected chi connectivity index (χ1v) is 14.5. The lowest BCUT2D eigenvalue weighted by atomic mass is 9.80. The Morgan fingerprint density at radius 2 is 1.15 bits per heavy atom. The van der Waals surface area contributed by atoms with E-state index in [-0.39, 0.29) is 5.41 Å². The molecule has 5 aromatic carbocycles. The minimum atomic E-state index is -0.225. The second-order valence-corrected chi connectivity index (χ2v) is 12.1. The Balaban J connectivity index is 1.36. The Kier molecular flexibility index (Phi) is 5.07. The Labute approximate surface area is 237 Å². The van der Waals surface area contributed by atoms with Crippen LogP contribution in [0.25, 0.3) is 65.2 Å². The predicted molar refractivity (Wildman–Crippen MR) is 169 cm³/mol. The number of hydrogen-bond acceptors (Lipinski definition) is 3. The first kappa shape index (κ1) is 23.3. The van der Waals surface area contributed by atoms with Crippen molar-refractivity contribution in [1.29, 1.82) is 0 Å². The van der Waals surface area contributed by atoms with E-state index < -0.39 is 0 Å². The fourth-order valence-corrected chi connectivity index (χ4v) is 7.36. The number of nitrogens with zero attached hydrogens (tertiary/aromatic N) is 2. The Bertz CT molecular complexity index is 2070. The molecule has 8 rings (SSSR count). The molecule has 7 aromatic rings. The SMILES string of the molecule is CC1(C)c2ccc(-c3ccc4sc5ccccc5c4c3)cc2-c2nc(-c3ccccc3)nc(-c3ccccc3)c21. The molecule has 0 fully saturated rings. The quantitative estimate of drug-likeness (QED) is 0.227. The Morgan fingerprint density at radius 1 is 0.525 bits per heavy atom. The Hall–Kier alpha value is -4.60. The van der Waals surface area contributed by atoms with Gasteiger partial charge in [0.2, 0.25) is 0 Å². The van der Waals surface area contributed by atoms with Crippen LogP contribution in [0.1, 0.15) is 25.0 Å². The van der Waals surface area contributed by atoms with E-state index >= 15 is 0 Å². The fraction of sp³-hybridized carbons (Fsp3) is 0.0811. The van der Waals surface area contributed by atoms with Crippen molar-refractivity contribution in [3.8, 4) is 45.0 Å². The summed E-state index contributed by atoms with van der Waals surface area (Å²) in [7, 11) is 0. The van der Waals surface area contributed by atoms with Crippen LogP contribution in [0.4, 0.5) is 0 Å². The van der Waals surface area contributed by atoms with Crippen molar-refractivity contribution in [2.45, 2.75) is 19.3 Å². The van der Waals surface area contributed by atoms with Gasteiger partial charge < -0.3 is 0 Å². The summed E-state index contributed by atoms with van der Waals surface area (Å²) in [5.41, 5.74) is 10.1. The molecule has 0 aliphatic heterocycles. The maximum atomic E-state index is 5.25. The van der Waals surface area contributed by atoms with Crippen LogP contribution in [0, 0.1) is 0 Å². The van der Waals surface area contributed by atoms with E-state index in [1.54, 1.807) is 0 Å². The average Bonchev–Trinajstić information content (AvgIpc) is 3.49. The molecule has 40 heavy (non-hydrogen) atoms. The number of rotatable bonds is 3. The zero-order valence-corrected chi connectivity index (χ0v) is 23.2. The summed E-state index contributed by atoms with van der Waals surface area (Å²) in [5.74, 6) is 0.762. The lowest BCUT2D eigenvalue weighted by Crippen LogP contribution is -2.17.